The van der Waals surface area contributed by atoms with Gasteiger partial charge in [-0.25, -0.2) is 4.79 Å². The van der Waals surface area contributed by atoms with Crippen molar-refractivity contribution in [1.29, 1.82) is 0 Å². The Morgan fingerprint density at radius 2 is 1.17 bits per heavy atom. The van der Waals surface area contributed by atoms with E-state index in [1.807, 2.05) is 54.6 Å². The van der Waals surface area contributed by atoms with E-state index < -0.39 is 12.6 Å². The minimum absolute atomic E-state index is 0.349. The third kappa shape index (κ3) is 7.35. The molecule has 0 spiro atoms. The predicted octanol–water partition coefficient (Wildman–Crippen LogP) is 8.53. The zero-order valence-corrected chi connectivity index (χ0v) is 24.2. The highest BCUT2D eigenvalue weighted by atomic mass is 35.5. The maximum absolute atomic E-state index is 10.8. The lowest BCUT2D eigenvalue weighted by Gasteiger charge is -2.12. The molecule has 210 valence electrons. The maximum atomic E-state index is 10.8. The number of carboxylic acids is 1. The molecule has 0 saturated heterocycles. The zero-order valence-electron chi connectivity index (χ0n) is 22.7. The van der Waals surface area contributed by atoms with Gasteiger partial charge in [-0.05, 0) is 81.4 Å². The summed E-state index contributed by atoms with van der Waals surface area (Å²) in [6, 6.07) is 38.2. The first-order valence-corrected chi connectivity index (χ1v) is 14.6. The van der Waals surface area contributed by atoms with Gasteiger partial charge in [0.15, 0.2) is 6.61 Å². The SMILES string of the molecule is Nc1ccc(-c2ccc(C(=CCSc3ccc(OCC(=O)O)c(Cl)c3)c3ccc(-c4ccc(N)cc4)cc3)cc2)cc1. The summed E-state index contributed by atoms with van der Waals surface area (Å²) in [6.07, 6.45) is 2.21. The predicted molar refractivity (Wildman–Crippen MR) is 175 cm³/mol. The highest BCUT2D eigenvalue weighted by Crippen LogP contribution is 2.33. The van der Waals surface area contributed by atoms with Gasteiger partial charge in [-0.1, -0.05) is 90.5 Å². The molecular weight excluding hydrogens is 564 g/mol. The Bertz CT molecular complexity index is 1610. The summed E-state index contributed by atoms with van der Waals surface area (Å²) in [4.78, 5) is 11.8. The van der Waals surface area contributed by atoms with E-state index in [0.29, 0.717) is 16.5 Å². The highest BCUT2D eigenvalue weighted by Gasteiger charge is 2.09. The van der Waals surface area contributed by atoms with Crippen LogP contribution in [0.1, 0.15) is 11.1 Å². The van der Waals surface area contributed by atoms with Crippen molar-refractivity contribution in [2.75, 3.05) is 23.8 Å². The molecule has 7 heteroatoms. The molecule has 0 aliphatic rings. The third-order valence-corrected chi connectivity index (χ3v) is 7.89. The summed E-state index contributed by atoms with van der Waals surface area (Å²) in [5, 5.41) is 9.23. The van der Waals surface area contributed by atoms with Crippen molar-refractivity contribution >= 4 is 46.3 Å². The fraction of sp³-hybridized carbons (Fsp3) is 0.0571. The van der Waals surface area contributed by atoms with Crippen LogP contribution in [0.15, 0.2) is 126 Å². The average Bonchev–Trinajstić information content (AvgIpc) is 3.00. The number of hydrogen-bond donors (Lipinski definition) is 3. The van der Waals surface area contributed by atoms with E-state index in [1.165, 1.54) is 0 Å². The van der Waals surface area contributed by atoms with E-state index in [1.54, 1.807) is 23.9 Å². The van der Waals surface area contributed by atoms with Crippen LogP contribution in [0.3, 0.4) is 0 Å². The molecule has 0 unspecified atom stereocenters. The zero-order chi connectivity index (χ0) is 29.5. The molecule has 0 atom stereocenters. The van der Waals surface area contributed by atoms with Crippen molar-refractivity contribution in [3.8, 4) is 28.0 Å². The van der Waals surface area contributed by atoms with Gasteiger partial charge in [0.1, 0.15) is 5.75 Å². The molecule has 0 aliphatic heterocycles. The molecule has 0 fully saturated rings. The van der Waals surface area contributed by atoms with Crippen molar-refractivity contribution < 1.29 is 14.6 Å². The number of nitrogens with two attached hydrogens (primary N) is 2. The smallest absolute Gasteiger partial charge is 0.341 e. The van der Waals surface area contributed by atoms with Gasteiger partial charge in [0.25, 0.3) is 0 Å². The Morgan fingerprint density at radius 1 is 0.714 bits per heavy atom. The van der Waals surface area contributed by atoms with Gasteiger partial charge in [-0.15, -0.1) is 11.8 Å². The average molecular weight is 593 g/mol. The molecule has 0 amide bonds. The van der Waals surface area contributed by atoms with Crippen molar-refractivity contribution in [1.82, 2.24) is 0 Å². The van der Waals surface area contributed by atoms with Gasteiger partial charge < -0.3 is 21.3 Å². The van der Waals surface area contributed by atoms with Crippen molar-refractivity contribution in [3.63, 3.8) is 0 Å². The molecule has 42 heavy (non-hydrogen) atoms. The molecule has 5 N–H and O–H groups in total. The van der Waals surface area contributed by atoms with Gasteiger partial charge in [0.05, 0.1) is 5.02 Å². The number of aliphatic carboxylic acids is 1. The number of carboxylic acid groups (broad SMARTS) is 1. The van der Waals surface area contributed by atoms with E-state index in [4.69, 9.17) is 32.9 Å². The second-order valence-electron chi connectivity index (χ2n) is 9.60. The lowest BCUT2D eigenvalue weighted by Crippen LogP contribution is -2.09. The molecule has 5 nitrogen and oxygen atoms in total. The summed E-state index contributed by atoms with van der Waals surface area (Å²) in [6.45, 7) is -0.438. The van der Waals surface area contributed by atoms with Crippen LogP contribution in [0.5, 0.6) is 5.75 Å². The number of carbonyl (C=O) groups is 1. The molecule has 0 aliphatic carbocycles. The quantitative estimate of drug-likeness (QED) is 0.111. The number of thioether (sulfide) groups is 1. The van der Waals surface area contributed by atoms with Gasteiger partial charge in [0, 0.05) is 22.0 Å². The van der Waals surface area contributed by atoms with E-state index in [9.17, 15) is 4.79 Å². The second kappa shape index (κ2) is 13.3. The van der Waals surface area contributed by atoms with Crippen LogP contribution in [0, 0.1) is 0 Å². The number of halogens is 1. The first-order valence-electron chi connectivity index (χ1n) is 13.3. The van der Waals surface area contributed by atoms with Gasteiger partial charge >= 0.3 is 5.97 Å². The Kier molecular flexibility index (Phi) is 9.17. The molecule has 0 saturated carbocycles. The molecule has 5 aromatic carbocycles. The van der Waals surface area contributed by atoms with Crippen LogP contribution in [-0.4, -0.2) is 23.4 Å². The van der Waals surface area contributed by atoms with Crippen molar-refractivity contribution in [3.05, 3.63) is 137 Å². The summed E-state index contributed by atoms with van der Waals surface area (Å²) >= 11 is 7.97. The number of nitrogen functional groups attached to an aromatic ring is 2. The lowest BCUT2D eigenvalue weighted by molar-refractivity contribution is -0.139. The summed E-state index contributed by atoms with van der Waals surface area (Å²) in [5.41, 5.74) is 21.0. The summed E-state index contributed by atoms with van der Waals surface area (Å²) < 4.78 is 5.24. The molecule has 5 aromatic rings. The monoisotopic (exact) mass is 592 g/mol. The Balaban J connectivity index is 1.40. The maximum Gasteiger partial charge on any atom is 0.341 e. The van der Waals surface area contributed by atoms with Gasteiger partial charge in [-0.2, -0.15) is 0 Å². The van der Waals surface area contributed by atoms with E-state index in [0.717, 1.165) is 55.2 Å². The lowest BCUT2D eigenvalue weighted by atomic mass is 9.94. The standard InChI is InChI=1S/C35H29ClN2O3S/c36-33-21-31(17-18-34(33)41-22-35(39)40)42-20-19-32(27-5-1-23(2-6-27)25-9-13-29(37)14-10-25)28-7-3-24(4-8-28)26-11-15-30(38)16-12-26/h1-19,21H,20,22,37-38H2,(H,39,40). The summed E-state index contributed by atoms with van der Waals surface area (Å²) in [7, 11) is 0. The normalized spacial score (nSPS) is 10.7. The first-order chi connectivity index (χ1) is 20.4. The van der Waals surface area contributed by atoms with E-state index in [-0.39, 0.29) is 0 Å². The fourth-order valence-corrected chi connectivity index (χ4v) is 5.59. The summed E-state index contributed by atoms with van der Waals surface area (Å²) in [5.74, 6) is -0.00679. The van der Waals surface area contributed by atoms with Crippen LogP contribution in [0.25, 0.3) is 27.8 Å². The topological polar surface area (TPSA) is 98.6 Å². The van der Waals surface area contributed by atoms with Crippen LogP contribution < -0.4 is 16.2 Å². The number of rotatable bonds is 10. The van der Waals surface area contributed by atoms with Crippen LogP contribution >= 0.6 is 23.4 Å². The molecule has 0 bridgehead atoms. The van der Waals surface area contributed by atoms with E-state index in [2.05, 4.69) is 54.6 Å². The minimum Gasteiger partial charge on any atom is -0.480 e. The largest absolute Gasteiger partial charge is 0.480 e. The van der Waals surface area contributed by atoms with Gasteiger partial charge in [0.2, 0.25) is 0 Å². The Labute approximate surface area is 254 Å². The highest BCUT2D eigenvalue weighted by molar-refractivity contribution is 7.99. The van der Waals surface area contributed by atoms with Crippen LogP contribution in [0.2, 0.25) is 5.02 Å². The number of anilines is 2. The first kappa shape index (κ1) is 28.9. The number of benzene rings is 5. The molecule has 0 heterocycles. The minimum atomic E-state index is -1.05. The van der Waals surface area contributed by atoms with Crippen LogP contribution in [-0.2, 0) is 4.79 Å². The fourth-order valence-electron chi connectivity index (χ4n) is 4.49. The van der Waals surface area contributed by atoms with E-state index >= 15 is 0 Å². The second-order valence-corrected chi connectivity index (χ2v) is 11.1. The Hall–Kier alpha value is -4.65. The molecular formula is C35H29ClN2O3S. The van der Waals surface area contributed by atoms with Gasteiger partial charge in [-0.3, -0.25) is 0 Å². The number of ether oxygens (including phenoxy) is 1. The number of hydrogen-bond acceptors (Lipinski definition) is 5. The Morgan fingerprint density at radius 3 is 1.60 bits per heavy atom. The molecule has 0 radical (unpaired) electrons. The van der Waals surface area contributed by atoms with Crippen molar-refractivity contribution in [2.45, 2.75) is 4.90 Å². The molecule has 0 aromatic heterocycles. The molecule has 5 rings (SSSR count). The third-order valence-electron chi connectivity index (χ3n) is 6.67. The van der Waals surface area contributed by atoms with Crippen LogP contribution in [0.4, 0.5) is 11.4 Å². The van der Waals surface area contributed by atoms with Crippen molar-refractivity contribution in [2.24, 2.45) is 0 Å².